The highest BCUT2D eigenvalue weighted by Gasteiger charge is 2.16. The van der Waals surface area contributed by atoms with Gasteiger partial charge < -0.3 is 15.0 Å². The molecule has 0 atom stereocenters. The van der Waals surface area contributed by atoms with Crippen molar-refractivity contribution in [3.8, 4) is 6.07 Å². The lowest BCUT2D eigenvalue weighted by Gasteiger charge is -2.14. The average Bonchev–Trinajstić information content (AvgIpc) is 2.75. The number of nitriles is 1. The number of aromatic nitrogens is 1. The van der Waals surface area contributed by atoms with Crippen LogP contribution in [0, 0.1) is 16.7 Å². The maximum Gasteiger partial charge on any atom is 0.354 e. The number of rotatable bonds is 6. The molecule has 1 heterocycles. The SMILES string of the molecule is COC(=O)c1cc(N)cn1CCCCC(C)(C)C#N. The van der Waals surface area contributed by atoms with Crippen molar-refractivity contribution in [3.63, 3.8) is 0 Å². The van der Waals surface area contributed by atoms with Gasteiger partial charge in [0.25, 0.3) is 0 Å². The van der Waals surface area contributed by atoms with Crippen LogP contribution in [-0.2, 0) is 11.3 Å². The van der Waals surface area contributed by atoms with E-state index in [2.05, 4.69) is 6.07 Å². The molecule has 0 fully saturated rings. The van der Waals surface area contributed by atoms with Crippen LogP contribution in [0.2, 0.25) is 0 Å². The van der Waals surface area contributed by atoms with Crippen molar-refractivity contribution in [2.75, 3.05) is 12.8 Å². The number of hydrogen-bond donors (Lipinski definition) is 1. The highest BCUT2D eigenvalue weighted by molar-refractivity contribution is 5.88. The van der Waals surface area contributed by atoms with Crippen LogP contribution in [-0.4, -0.2) is 17.6 Å². The number of nitrogen functional groups attached to an aromatic ring is 1. The van der Waals surface area contributed by atoms with Gasteiger partial charge in [-0.3, -0.25) is 0 Å². The van der Waals surface area contributed by atoms with E-state index < -0.39 is 0 Å². The lowest BCUT2D eigenvalue weighted by atomic mass is 9.89. The summed E-state index contributed by atoms with van der Waals surface area (Å²) in [5, 5.41) is 8.93. The van der Waals surface area contributed by atoms with E-state index in [1.807, 2.05) is 13.8 Å². The zero-order valence-electron chi connectivity index (χ0n) is 11.8. The van der Waals surface area contributed by atoms with Crippen LogP contribution in [0.25, 0.3) is 0 Å². The van der Waals surface area contributed by atoms with Crippen molar-refractivity contribution in [1.29, 1.82) is 5.26 Å². The van der Waals surface area contributed by atoms with Gasteiger partial charge in [0.05, 0.1) is 24.3 Å². The van der Waals surface area contributed by atoms with E-state index in [4.69, 9.17) is 15.7 Å². The molecule has 0 radical (unpaired) electrons. The Labute approximate surface area is 114 Å². The topological polar surface area (TPSA) is 81.0 Å². The number of ether oxygens (including phenoxy) is 1. The molecular formula is C14H21N3O2. The molecule has 5 nitrogen and oxygen atoms in total. The summed E-state index contributed by atoms with van der Waals surface area (Å²) in [6.45, 7) is 4.56. The quantitative estimate of drug-likeness (QED) is 0.631. The van der Waals surface area contributed by atoms with Gasteiger partial charge in [0.2, 0.25) is 0 Å². The van der Waals surface area contributed by atoms with Crippen LogP contribution in [0.5, 0.6) is 0 Å². The molecule has 1 rings (SSSR count). The highest BCUT2D eigenvalue weighted by atomic mass is 16.5. The zero-order valence-corrected chi connectivity index (χ0v) is 11.8. The molecule has 1 aromatic heterocycles. The number of nitrogens with two attached hydrogens (primary N) is 1. The maximum absolute atomic E-state index is 11.5. The van der Waals surface area contributed by atoms with Crippen LogP contribution < -0.4 is 5.73 Å². The summed E-state index contributed by atoms with van der Waals surface area (Å²) < 4.78 is 6.52. The van der Waals surface area contributed by atoms with Gasteiger partial charge in [-0.1, -0.05) is 6.42 Å². The van der Waals surface area contributed by atoms with E-state index in [1.165, 1.54) is 7.11 Å². The molecule has 0 amide bonds. The number of methoxy groups -OCH3 is 1. The predicted molar refractivity (Wildman–Crippen MR) is 73.4 cm³/mol. The van der Waals surface area contributed by atoms with Gasteiger partial charge in [0.15, 0.2) is 0 Å². The van der Waals surface area contributed by atoms with Crippen LogP contribution >= 0.6 is 0 Å². The second kappa shape index (κ2) is 6.28. The van der Waals surface area contributed by atoms with Crippen molar-refractivity contribution >= 4 is 11.7 Å². The average molecular weight is 263 g/mol. The Bertz CT molecular complexity index is 483. The summed E-state index contributed by atoms with van der Waals surface area (Å²) in [7, 11) is 1.35. The first kappa shape index (κ1) is 15.1. The minimum Gasteiger partial charge on any atom is -0.464 e. The number of hydrogen-bond acceptors (Lipinski definition) is 4. The first-order valence-electron chi connectivity index (χ1n) is 6.35. The van der Waals surface area contributed by atoms with Gasteiger partial charge >= 0.3 is 5.97 Å². The van der Waals surface area contributed by atoms with Gasteiger partial charge in [-0.05, 0) is 32.8 Å². The van der Waals surface area contributed by atoms with Crippen molar-refractivity contribution in [2.45, 2.75) is 39.7 Å². The van der Waals surface area contributed by atoms with Gasteiger partial charge in [-0.15, -0.1) is 0 Å². The summed E-state index contributed by atoms with van der Waals surface area (Å²) >= 11 is 0. The Hall–Kier alpha value is -1.96. The maximum atomic E-state index is 11.5. The molecule has 0 aliphatic carbocycles. The third kappa shape index (κ3) is 4.32. The molecule has 0 unspecified atom stereocenters. The molecule has 0 saturated carbocycles. The molecule has 0 aliphatic heterocycles. The zero-order chi connectivity index (χ0) is 14.5. The predicted octanol–water partition coefficient (Wildman–Crippen LogP) is 2.58. The molecule has 19 heavy (non-hydrogen) atoms. The molecule has 2 N–H and O–H groups in total. The summed E-state index contributed by atoms with van der Waals surface area (Å²) in [4.78, 5) is 11.5. The highest BCUT2D eigenvalue weighted by Crippen LogP contribution is 2.22. The molecule has 0 saturated heterocycles. The Morgan fingerprint density at radius 1 is 1.53 bits per heavy atom. The Kier molecular flexibility index (Phi) is 4.99. The van der Waals surface area contributed by atoms with E-state index >= 15 is 0 Å². The standard InChI is InChI=1S/C14H21N3O2/c1-14(2,10-15)6-4-5-7-17-9-11(16)8-12(17)13(18)19-3/h8-9H,4-7,16H2,1-3H3. The lowest BCUT2D eigenvalue weighted by molar-refractivity contribution is 0.0588. The summed E-state index contributed by atoms with van der Waals surface area (Å²) in [5.41, 5.74) is 6.43. The number of anilines is 1. The van der Waals surface area contributed by atoms with Gasteiger partial charge in [0.1, 0.15) is 5.69 Å². The van der Waals surface area contributed by atoms with Crippen molar-refractivity contribution in [3.05, 3.63) is 18.0 Å². The Morgan fingerprint density at radius 3 is 2.79 bits per heavy atom. The number of unbranched alkanes of at least 4 members (excludes halogenated alkanes) is 1. The van der Waals surface area contributed by atoms with Crippen LogP contribution in [0.15, 0.2) is 12.3 Å². The number of aryl methyl sites for hydroxylation is 1. The lowest BCUT2D eigenvalue weighted by Crippen LogP contribution is -2.11. The number of carbonyl (C=O) groups excluding carboxylic acids is 1. The first-order chi connectivity index (χ1) is 8.89. The minimum absolute atomic E-state index is 0.291. The van der Waals surface area contributed by atoms with E-state index in [1.54, 1.807) is 16.8 Å². The fourth-order valence-corrected chi connectivity index (χ4v) is 1.90. The fourth-order valence-electron chi connectivity index (χ4n) is 1.90. The summed E-state index contributed by atoms with van der Waals surface area (Å²) in [6, 6.07) is 3.90. The molecule has 104 valence electrons. The number of carbonyl (C=O) groups is 1. The second-order valence-corrected chi connectivity index (χ2v) is 5.30. The Balaban J connectivity index is 2.55. The van der Waals surface area contributed by atoms with Crippen molar-refractivity contribution in [1.82, 2.24) is 4.57 Å². The molecule has 0 aromatic carbocycles. The summed E-state index contributed by atoms with van der Waals surface area (Å²) in [6.07, 6.45) is 4.40. The molecule has 0 spiro atoms. The minimum atomic E-state index is -0.381. The first-order valence-corrected chi connectivity index (χ1v) is 6.35. The van der Waals surface area contributed by atoms with E-state index in [0.717, 1.165) is 19.3 Å². The van der Waals surface area contributed by atoms with E-state index in [9.17, 15) is 4.79 Å². The number of nitrogens with zero attached hydrogens (tertiary/aromatic N) is 2. The number of esters is 1. The van der Waals surface area contributed by atoms with Crippen LogP contribution in [0.1, 0.15) is 43.6 Å². The third-order valence-corrected chi connectivity index (χ3v) is 3.07. The Morgan fingerprint density at radius 2 is 2.21 bits per heavy atom. The third-order valence-electron chi connectivity index (χ3n) is 3.07. The van der Waals surface area contributed by atoms with Gasteiger partial charge in [-0.2, -0.15) is 5.26 Å². The van der Waals surface area contributed by atoms with Gasteiger partial charge in [-0.25, -0.2) is 4.79 Å². The molecule has 0 bridgehead atoms. The molecular weight excluding hydrogens is 242 g/mol. The molecule has 1 aromatic rings. The van der Waals surface area contributed by atoms with Crippen LogP contribution in [0.3, 0.4) is 0 Å². The van der Waals surface area contributed by atoms with E-state index in [0.29, 0.717) is 17.9 Å². The van der Waals surface area contributed by atoms with Gasteiger partial charge in [0, 0.05) is 12.7 Å². The monoisotopic (exact) mass is 263 g/mol. The van der Waals surface area contributed by atoms with Crippen molar-refractivity contribution in [2.24, 2.45) is 5.41 Å². The largest absolute Gasteiger partial charge is 0.464 e. The van der Waals surface area contributed by atoms with Crippen LogP contribution in [0.4, 0.5) is 5.69 Å². The fraction of sp³-hybridized carbons (Fsp3) is 0.571. The van der Waals surface area contributed by atoms with E-state index in [-0.39, 0.29) is 11.4 Å². The second-order valence-electron chi connectivity index (χ2n) is 5.30. The molecule has 0 aliphatic rings. The molecule has 5 heteroatoms. The summed E-state index contributed by atoms with van der Waals surface area (Å²) in [5.74, 6) is -0.381. The smallest absolute Gasteiger partial charge is 0.354 e. The van der Waals surface area contributed by atoms with Crippen molar-refractivity contribution < 1.29 is 9.53 Å². The normalized spacial score (nSPS) is 11.1.